The molecule has 3 aromatic carbocycles. The van der Waals surface area contributed by atoms with Gasteiger partial charge >= 0.3 is 0 Å². The molecule has 0 fully saturated rings. The Kier molecular flexibility index (Phi) is 8.89. The number of ether oxygens (including phenoxy) is 2. The lowest BCUT2D eigenvalue weighted by Crippen LogP contribution is -2.27. The van der Waals surface area contributed by atoms with Crippen molar-refractivity contribution in [2.75, 3.05) is 13.7 Å². The molecule has 9 heteroatoms. The molecule has 0 saturated carbocycles. The smallest absolute Gasteiger partial charge is 0.273 e. The van der Waals surface area contributed by atoms with Gasteiger partial charge in [0.15, 0.2) is 17.3 Å². The Morgan fingerprint density at radius 1 is 0.946 bits per heavy atom. The van der Waals surface area contributed by atoms with Gasteiger partial charge in [0.05, 0.1) is 7.11 Å². The van der Waals surface area contributed by atoms with E-state index in [1.54, 1.807) is 24.3 Å². The van der Waals surface area contributed by atoms with Gasteiger partial charge in [0, 0.05) is 30.0 Å². The fourth-order valence-corrected chi connectivity index (χ4v) is 3.90. The zero-order valence-electron chi connectivity index (χ0n) is 20.4. The standard InChI is InChI=1S/C28H27ClN4O4/c1-36-25-17-21(10-12-24(25)37-18-20-8-5-9-22(29)16-20)27-31-28(35)23(32-33-27)11-13-26(34)30-15-14-19-6-3-2-4-7-19/h2-10,12,16-17H,11,13-15,18H2,1H3,(H,30,34)(H,31,33,35). The Morgan fingerprint density at radius 3 is 2.51 bits per heavy atom. The molecule has 4 rings (SSSR count). The number of benzene rings is 3. The van der Waals surface area contributed by atoms with E-state index in [-0.39, 0.29) is 30.0 Å². The van der Waals surface area contributed by atoms with Gasteiger partial charge in [-0.15, -0.1) is 10.2 Å². The number of carbonyl (C=O) groups excluding carboxylic acids is 1. The van der Waals surface area contributed by atoms with Gasteiger partial charge in [0.2, 0.25) is 5.91 Å². The summed E-state index contributed by atoms with van der Waals surface area (Å²) in [7, 11) is 1.54. The Morgan fingerprint density at radius 2 is 1.76 bits per heavy atom. The second-order valence-electron chi connectivity index (χ2n) is 8.32. The van der Waals surface area contributed by atoms with Gasteiger partial charge < -0.3 is 19.8 Å². The molecule has 37 heavy (non-hydrogen) atoms. The number of amides is 1. The molecule has 190 valence electrons. The van der Waals surface area contributed by atoms with Crippen molar-refractivity contribution in [1.82, 2.24) is 20.5 Å². The van der Waals surface area contributed by atoms with Crippen molar-refractivity contribution >= 4 is 17.5 Å². The van der Waals surface area contributed by atoms with E-state index in [1.165, 1.54) is 7.11 Å². The lowest BCUT2D eigenvalue weighted by atomic mass is 10.1. The van der Waals surface area contributed by atoms with Crippen molar-refractivity contribution in [3.05, 3.63) is 105 Å². The van der Waals surface area contributed by atoms with Crippen LogP contribution in [-0.4, -0.2) is 34.7 Å². The number of aryl methyl sites for hydroxylation is 1. The van der Waals surface area contributed by atoms with Crippen LogP contribution in [0, 0.1) is 0 Å². The van der Waals surface area contributed by atoms with Crippen LogP contribution in [0.1, 0.15) is 23.2 Å². The molecule has 0 bridgehead atoms. The highest BCUT2D eigenvalue weighted by molar-refractivity contribution is 6.30. The Bertz CT molecular complexity index is 1410. The van der Waals surface area contributed by atoms with Crippen molar-refractivity contribution in [3.63, 3.8) is 0 Å². The molecule has 2 N–H and O–H groups in total. The highest BCUT2D eigenvalue weighted by atomic mass is 35.5. The summed E-state index contributed by atoms with van der Waals surface area (Å²) in [5, 5.41) is 11.7. The average molecular weight is 519 g/mol. The van der Waals surface area contributed by atoms with Crippen molar-refractivity contribution in [1.29, 1.82) is 0 Å². The van der Waals surface area contributed by atoms with Gasteiger partial charge in [-0.3, -0.25) is 9.59 Å². The molecule has 0 aliphatic carbocycles. The van der Waals surface area contributed by atoms with Crippen LogP contribution in [0.2, 0.25) is 5.02 Å². The summed E-state index contributed by atoms with van der Waals surface area (Å²) in [4.78, 5) is 27.5. The molecule has 8 nitrogen and oxygen atoms in total. The number of nitrogens with zero attached hydrogens (tertiary/aromatic N) is 2. The predicted octanol–water partition coefficient (Wildman–Crippen LogP) is 4.36. The van der Waals surface area contributed by atoms with Crippen LogP contribution in [0.15, 0.2) is 77.6 Å². The lowest BCUT2D eigenvalue weighted by Gasteiger charge is -2.12. The van der Waals surface area contributed by atoms with E-state index in [1.807, 2.05) is 48.5 Å². The second-order valence-corrected chi connectivity index (χ2v) is 8.76. The Hall–Kier alpha value is -4.17. The van der Waals surface area contributed by atoms with Crippen LogP contribution < -0.4 is 20.3 Å². The molecule has 0 aliphatic rings. The number of hydrogen-bond acceptors (Lipinski definition) is 6. The summed E-state index contributed by atoms with van der Waals surface area (Å²) in [6, 6.07) is 22.5. The van der Waals surface area contributed by atoms with Gasteiger partial charge in [-0.25, -0.2) is 0 Å². The van der Waals surface area contributed by atoms with E-state index in [0.717, 1.165) is 17.5 Å². The van der Waals surface area contributed by atoms with Crippen molar-refractivity contribution < 1.29 is 14.3 Å². The second kappa shape index (κ2) is 12.7. The third-order valence-corrected chi connectivity index (χ3v) is 5.89. The summed E-state index contributed by atoms with van der Waals surface area (Å²) in [5.41, 5.74) is 2.51. The molecule has 1 heterocycles. The van der Waals surface area contributed by atoms with E-state index < -0.39 is 0 Å². The molecule has 0 unspecified atom stereocenters. The van der Waals surface area contributed by atoms with Gasteiger partial charge in [0.25, 0.3) is 5.56 Å². The number of H-pyrrole nitrogens is 1. The third-order valence-electron chi connectivity index (χ3n) is 5.65. The van der Waals surface area contributed by atoms with E-state index in [0.29, 0.717) is 41.1 Å². The average Bonchev–Trinajstić information content (AvgIpc) is 2.92. The van der Waals surface area contributed by atoms with Crippen LogP contribution in [0.25, 0.3) is 11.4 Å². The number of halogens is 1. The minimum absolute atomic E-state index is 0.140. The van der Waals surface area contributed by atoms with Crippen molar-refractivity contribution in [3.8, 4) is 22.9 Å². The monoisotopic (exact) mass is 518 g/mol. The first kappa shape index (κ1) is 25.9. The number of aromatic amines is 1. The summed E-state index contributed by atoms with van der Waals surface area (Å²) in [6.45, 7) is 0.853. The molecule has 0 aliphatic heterocycles. The maximum atomic E-state index is 12.6. The maximum absolute atomic E-state index is 12.6. The highest BCUT2D eigenvalue weighted by Crippen LogP contribution is 2.31. The molecule has 4 aromatic rings. The van der Waals surface area contributed by atoms with E-state index in [4.69, 9.17) is 21.1 Å². The van der Waals surface area contributed by atoms with E-state index >= 15 is 0 Å². The first-order chi connectivity index (χ1) is 18.0. The van der Waals surface area contributed by atoms with Gasteiger partial charge in [0.1, 0.15) is 12.3 Å². The van der Waals surface area contributed by atoms with Crippen LogP contribution in [-0.2, 0) is 24.2 Å². The number of carbonyl (C=O) groups is 1. The van der Waals surface area contributed by atoms with Gasteiger partial charge in [-0.05, 0) is 47.9 Å². The fraction of sp³-hybridized carbons (Fsp3) is 0.214. The van der Waals surface area contributed by atoms with E-state index in [9.17, 15) is 9.59 Å². The summed E-state index contributed by atoms with van der Waals surface area (Å²) in [5.74, 6) is 1.18. The van der Waals surface area contributed by atoms with Crippen LogP contribution in [0.4, 0.5) is 0 Å². The molecule has 1 aromatic heterocycles. The quantitative estimate of drug-likeness (QED) is 0.305. The minimum Gasteiger partial charge on any atom is -0.493 e. The van der Waals surface area contributed by atoms with Gasteiger partial charge in [-0.1, -0.05) is 54.1 Å². The van der Waals surface area contributed by atoms with Crippen LogP contribution >= 0.6 is 11.6 Å². The zero-order valence-corrected chi connectivity index (χ0v) is 21.1. The van der Waals surface area contributed by atoms with E-state index in [2.05, 4.69) is 20.5 Å². The molecular weight excluding hydrogens is 492 g/mol. The highest BCUT2D eigenvalue weighted by Gasteiger charge is 2.12. The number of hydrogen-bond donors (Lipinski definition) is 2. The normalized spacial score (nSPS) is 10.6. The fourth-order valence-electron chi connectivity index (χ4n) is 3.69. The van der Waals surface area contributed by atoms with Crippen molar-refractivity contribution in [2.45, 2.75) is 25.9 Å². The summed E-state index contributed by atoms with van der Waals surface area (Å²) >= 11 is 6.03. The number of rotatable bonds is 11. The van der Waals surface area contributed by atoms with Crippen molar-refractivity contribution in [2.24, 2.45) is 0 Å². The third kappa shape index (κ3) is 7.41. The van der Waals surface area contributed by atoms with Crippen LogP contribution in [0.5, 0.6) is 11.5 Å². The summed E-state index contributed by atoms with van der Waals surface area (Å²) in [6.07, 6.45) is 1.09. The van der Waals surface area contributed by atoms with Crippen LogP contribution in [0.3, 0.4) is 0 Å². The molecule has 1 amide bonds. The Labute approximate surface area is 219 Å². The number of nitrogens with one attached hydrogen (secondary N) is 2. The van der Waals surface area contributed by atoms with Gasteiger partial charge in [-0.2, -0.15) is 0 Å². The first-order valence-electron chi connectivity index (χ1n) is 11.8. The molecule has 0 radical (unpaired) electrons. The predicted molar refractivity (Wildman–Crippen MR) is 142 cm³/mol. The molecule has 0 atom stereocenters. The first-order valence-corrected chi connectivity index (χ1v) is 12.2. The summed E-state index contributed by atoms with van der Waals surface area (Å²) < 4.78 is 11.3. The topological polar surface area (TPSA) is 106 Å². The lowest BCUT2D eigenvalue weighted by molar-refractivity contribution is -0.121. The Balaban J connectivity index is 1.34. The molecule has 0 spiro atoms. The zero-order chi connectivity index (χ0) is 26.0. The maximum Gasteiger partial charge on any atom is 0.273 e. The largest absolute Gasteiger partial charge is 0.493 e. The molecule has 0 saturated heterocycles. The minimum atomic E-state index is -0.387. The number of aromatic nitrogens is 3. The number of methoxy groups -OCH3 is 1. The SMILES string of the molecule is COc1cc(-c2nnc(CCC(=O)NCCc3ccccc3)c(=O)[nH]2)ccc1OCc1cccc(Cl)c1. The molecular formula is C28H27ClN4O4.